The number of rotatable bonds is 6. The van der Waals surface area contributed by atoms with Gasteiger partial charge in [0.1, 0.15) is 0 Å². The van der Waals surface area contributed by atoms with E-state index in [2.05, 4.69) is 4.98 Å². The number of thioether (sulfide) groups is 1. The fourth-order valence-electron chi connectivity index (χ4n) is 2.47. The summed E-state index contributed by atoms with van der Waals surface area (Å²) in [6.45, 7) is 2.13. The van der Waals surface area contributed by atoms with E-state index in [0.29, 0.717) is 27.5 Å². The Balaban J connectivity index is 2.07. The van der Waals surface area contributed by atoms with Crippen LogP contribution in [0.15, 0.2) is 59.9 Å². The van der Waals surface area contributed by atoms with Crippen molar-refractivity contribution in [2.45, 2.75) is 12.1 Å². The number of nitrogens with zero attached hydrogens (tertiary/aromatic N) is 2. The third-order valence-corrected chi connectivity index (χ3v) is 5.33. The molecule has 0 aliphatic carbocycles. The number of hydrogen-bond donors (Lipinski definition) is 0. The molecule has 3 aromatic rings. The van der Waals surface area contributed by atoms with Crippen molar-refractivity contribution in [3.63, 3.8) is 0 Å². The Kier molecular flexibility index (Phi) is 6.25. The zero-order valence-corrected chi connectivity index (χ0v) is 16.3. The molecule has 0 saturated heterocycles. The first-order valence-electron chi connectivity index (χ1n) is 7.97. The monoisotopic (exact) mass is 406 g/mol. The van der Waals surface area contributed by atoms with Crippen molar-refractivity contribution in [3.8, 4) is 16.9 Å². The lowest BCUT2D eigenvalue weighted by Gasteiger charge is -2.14. The van der Waals surface area contributed by atoms with Gasteiger partial charge in [-0.1, -0.05) is 71.4 Å². The van der Waals surface area contributed by atoms with E-state index in [9.17, 15) is 4.79 Å². The molecular weight excluding hydrogens is 391 g/mol. The van der Waals surface area contributed by atoms with Gasteiger partial charge in [0.05, 0.1) is 40.0 Å². The van der Waals surface area contributed by atoms with Crippen molar-refractivity contribution in [1.29, 1.82) is 0 Å². The Labute approximate surface area is 166 Å². The zero-order valence-electron chi connectivity index (χ0n) is 14.0. The number of carbonyl (C=O) groups excluding carboxylic acids is 1. The van der Waals surface area contributed by atoms with E-state index in [1.165, 1.54) is 11.8 Å². The molecule has 0 bridgehead atoms. The normalized spacial score (nSPS) is 10.7. The molecule has 1 heterocycles. The molecule has 0 aliphatic rings. The lowest BCUT2D eigenvalue weighted by Crippen LogP contribution is -2.08. The van der Waals surface area contributed by atoms with Crippen molar-refractivity contribution >= 4 is 40.9 Å². The third-order valence-electron chi connectivity index (χ3n) is 3.60. The summed E-state index contributed by atoms with van der Waals surface area (Å²) in [5.41, 5.74) is 2.56. The number of halogens is 2. The predicted molar refractivity (Wildman–Crippen MR) is 106 cm³/mol. The summed E-state index contributed by atoms with van der Waals surface area (Å²) in [4.78, 5) is 16.2. The molecule has 0 amide bonds. The van der Waals surface area contributed by atoms with E-state index < -0.39 is 0 Å². The number of carbonyl (C=O) groups is 1. The molecule has 3 rings (SSSR count). The molecule has 7 heteroatoms. The topological polar surface area (TPSA) is 44.1 Å². The molecule has 0 saturated carbocycles. The first-order chi connectivity index (χ1) is 12.6. The summed E-state index contributed by atoms with van der Waals surface area (Å²) < 4.78 is 6.91. The van der Waals surface area contributed by atoms with Crippen LogP contribution in [0.2, 0.25) is 10.0 Å². The Morgan fingerprint density at radius 2 is 1.92 bits per heavy atom. The van der Waals surface area contributed by atoms with Crippen LogP contribution in [0.1, 0.15) is 6.92 Å². The fraction of sp³-hybridized carbons (Fsp3) is 0.158. The van der Waals surface area contributed by atoms with Gasteiger partial charge in [0, 0.05) is 5.56 Å². The molecule has 4 nitrogen and oxygen atoms in total. The van der Waals surface area contributed by atoms with E-state index in [-0.39, 0.29) is 11.7 Å². The highest BCUT2D eigenvalue weighted by molar-refractivity contribution is 7.99. The van der Waals surface area contributed by atoms with E-state index in [1.54, 1.807) is 19.2 Å². The highest BCUT2D eigenvalue weighted by Crippen LogP contribution is 2.35. The van der Waals surface area contributed by atoms with Gasteiger partial charge in [0.15, 0.2) is 5.16 Å². The molecule has 134 valence electrons. The van der Waals surface area contributed by atoms with Crippen LogP contribution >= 0.6 is 35.0 Å². The molecule has 26 heavy (non-hydrogen) atoms. The van der Waals surface area contributed by atoms with Crippen molar-refractivity contribution < 1.29 is 9.53 Å². The van der Waals surface area contributed by atoms with E-state index in [1.807, 2.05) is 47.0 Å². The largest absolute Gasteiger partial charge is 0.465 e. The molecule has 2 aromatic carbocycles. The van der Waals surface area contributed by atoms with Gasteiger partial charge in [-0.05, 0) is 19.1 Å². The number of benzene rings is 2. The van der Waals surface area contributed by atoms with Crippen molar-refractivity contribution in [2.24, 2.45) is 0 Å². The molecule has 0 spiro atoms. The molecule has 0 atom stereocenters. The van der Waals surface area contributed by atoms with Gasteiger partial charge in [-0.2, -0.15) is 0 Å². The minimum absolute atomic E-state index is 0.164. The minimum atomic E-state index is -0.287. The van der Waals surface area contributed by atoms with Crippen LogP contribution in [-0.2, 0) is 9.53 Å². The number of aromatic nitrogens is 2. The van der Waals surface area contributed by atoms with E-state index in [0.717, 1.165) is 11.3 Å². The number of imidazole rings is 1. The molecular formula is C19H16Cl2N2O2S. The third kappa shape index (κ3) is 4.06. The van der Waals surface area contributed by atoms with Crippen LogP contribution < -0.4 is 0 Å². The second kappa shape index (κ2) is 8.62. The summed E-state index contributed by atoms with van der Waals surface area (Å²) in [6.07, 6.45) is 1.76. The Morgan fingerprint density at radius 3 is 2.65 bits per heavy atom. The molecule has 0 radical (unpaired) electrons. The highest BCUT2D eigenvalue weighted by Gasteiger charge is 2.18. The Bertz CT molecular complexity index is 913. The summed E-state index contributed by atoms with van der Waals surface area (Å²) >= 11 is 13.9. The van der Waals surface area contributed by atoms with Gasteiger partial charge in [0.25, 0.3) is 0 Å². The summed E-state index contributed by atoms with van der Waals surface area (Å²) in [5.74, 6) is -0.123. The van der Waals surface area contributed by atoms with Crippen LogP contribution in [0.4, 0.5) is 0 Å². The van der Waals surface area contributed by atoms with Crippen molar-refractivity contribution in [3.05, 3.63) is 64.8 Å². The highest BCUT2D eigenvalue weighted by atomic mass is 35.5. The maximum Gasteiger partial charge on any atom is 0.316 e. The number of ether oxygens (including phenoxy) is 1. The van der Waals surface area contributed by atoms with Gasteiger partial charge < -0.3 is 4.74 Å². The van der Waals surface area contributed by atoms with E-state index in [4.69, 9.17) is 27.9 Å². The summed E-state index contributed by atoms with van der Waals surface area (Å²) in [7, 11) is 0. The lowest BCUT2D eigenvalue weighted by atomic mass is 10.1. The van der Waals surface area contributed by atoms with Crippen LogP contribution in [0, 0.1) is 0 Å². The number of esters is 1. The van der Waals surface area contributed by atoms with E-state index >= 15 is 0 Å². The molecule has 1 aromatic heterocycles. The van der Waals surface area contributed by atoms with Crippen LogP contribution in [-0.4, -0.2) is 27.9 Å². The average Bonchev–Trinajstić information content (AvgIpc) is 3.07. The second-order valence-electron chi connectivity index (χ2n) is 5.29. The van der Waals surface area contributed by atoms with Crippen molar-refractivity contribution in [2.75, 3.05) is 12.4 Å². The lowest BCUT2D eigenvalue weighted by molar-refractivity contribution is -0.139. The van der Waals surface area contributed by atoms with Crippen LogP contribution in [0.25, 0.3) is 16.9 Å². The van der Waals surface area contributed by atoms with Crippen LogP contribution in [0.3, 0.4) is 0 Å². The first-order valence-corrected chi connectivity index (χ1v) is 9.72. The minimum Gasteiger partial charge on any atom is -0.465 e. The van der Waals surface area contributed by atoms with Gasteiger partial charge in [0.2, 0.25) is 0 Å². The predicted octanol–water partition coefficient (Wildman–Crippen LogP) is 5.50. The molecule has 0 unspecified atom stereocenters. The average molecular weight is 407 g/mol. The Morgan fingerprint density at radius 1 is 1.15 bits per heavy atom. The van der Waals surface area contributed by atoms with Gasteiger partial charge in [-0.3, -0.25) is 9.36 Å². The number of hydrogen-bond acceptors (Lipinski definition) is 4. The van der Waals surface area contributed by atoms with Gasteiger partial charge in [-0.25, -0.2) is 4.98 Å². The zero-order chi connectivity index (χ0) is 18.5. The smallest absolute Gasteiger partial charge is 0.316 e. The molecule has 0 aliphatic heterocycles. The molecule has 0 N–H and O–H groups in total. The Hall–Kier alpha value is -1.95. The molecule has 0 fully saturated rings. The van der Waals surface area contributed by atoms with Gasteiger partial charge >= 0.3 is 5.97 Å². The second-order valence-corrected chi connectivity index (χ2v) is 7.02. The van der Waals surface area contributed by atoms with Crippen molar-refractivity contribution in [1.82, 2.24) is 9.55 Å². The maximum absolute atomic E-state index is 11.7. The van der Waals surface area contributed by atoms with Crippen LogP contribution in [0.5, 0.6) is 0 Å². The quantitative estimate of drug-likeness (QED) is 0.400. The summed E-state index contributed by atoms with van der Waals surface area (Å²) in [5, 5.41) is 1.53. The van der Waals surface area contributed by atoms with Gasteiger partial charge in [-0.15, -0.1) is 0 Å². The fourth-order valence-corrected chi connectivity index (χ4v) is 3.64. The summed E-state index contributed by atoms with van der Waals surface area (Å²) in [6, 6.07) is 15.3. The maximum atomic E-state index is 11.7. The standard InChI is InChI=1S/C19H16Cl2N2O2S/c1-2-25-17(24)12-26-19-22-11-16(13-7-4-3-5-8-13)23(19)15-10-6-9-14(20)18(15)21/h3-11H,2,12H2,1H3. The SMILES string of the molecule is CCOC(=O)CSc1ncc(-c2ccccc2)n1-c1cccc(Cl)c1Cl. The first kappa shape index (κ1) is 18.8.